The van der Waals surface area contributed by atoms with Crippen molar-refractivity contribution in [3.63, 3.8) is 0 Å². The number of alkyl halides is 3. The van der Waals surface area contributed by atoms with Gasteiger partial charge < -0.3 is 9.84 Å². The van der Waals surface area contributed by atoms with Crippen LogP contribution in [0.2, 0.25) is 0 Å². The van der Waals surface area contributed by atoms with Gasteiger partial charge in [0.2, 0.25) is 0 Å². The number of aliphatic hydroxyl groups excluding tert-OH is 1. The van der Waals surface area contributed by atoms with Gasteiger partial charge in [0.15, 0.2) is 0 Å². The standard InChI is InChI=1S/C12H13F3O2/c13-12(14,15)17-10-7-2-1-6-9(10)11(16)8-4-3-5-8/h1-2,6-8,11,16H,3-5H2. The Balaban J connectivity index is 2.20. The Bertz CT molecular complexity index is 386. The average Bonchev–Trinajstić information content (AvgIpc) is 2.13. The van der Waals surface area contributed by atoms with Crippen LogP contribution < -0.4 is 4.74 Å². The number of ether oxygens (including phenoxy) is 1. The van der Waals surface area contributed by atoms with E-state index in [-0.39, 0.29) is 17.2 Å². The highest BCUT2D eigenvalue weighted by Crippen LogP contribution is 2.41. The van der Waals surface area contributed by atoms with Gasteiger partial charge in [-0.3, -0.25) is 0 Å². The third-order valence-electron chi connectivity index (χ3n) is 3.06. The molecule has 1 aromatic carbocycles. The Morgan fingerprint density at radius 3 is 2.41 bits per heavy atom. The number of hydrogen-bond acceptors (Lipinski definition) is 2. The first-order chi connectivity index (χ1) is 7.97. The van der Waals surface area contributed by atoms with Crippen LogP contribution in [0.1, 0.15) is 30.9 Å². The highest BCUT2D eigenvalue weighted by molar-refractivity contribution is 5.35. The number of rotatable bonds is 3. The molecule has 0 radical (unpaired) electrons. The minimum atomic E-state index is -4.73. The molecule has 0 saturated heterocycles. The number of benzene rings is 1. The molecule has 1 aromatic rings. The fourth-order valence-corrected chi connectivity index (χ4v) is 1.95. The number of halogens is 3. The Morgan fingerprint density at radius 2 is 1.88 bits per heavy atom. The van der Waals surface area contributed by atoms with Gasteiger partial charge in [0.1, 0.15) is 5.75 Å². The summed E-state index contributed by atoms with van der Waals surface area (Å²) >= 11 is 0. The molecule has 0 bridgehead atoms. The topological polar surface area (TPSA) is 29.5 Å². The van der Waals surface area contributed by atoms with E-state index in [1.54, 1.807) is 6.07 Å². The van der Waals surface area contributed by atoms with Crippen molar-refractivity contribution in [2.24, 2.45) is 5.92 Å². The van der Waals surface area contributed by atoms with Crippen LogP contribution in [0, 0.1) is 5.92 Å². The minimum Gasteiger partial charge on any atom is -0.405 e. The van der Waals surface area contributed by atoms with E-state index in [1.807, 2.05) is 0 Å². The maximum absolute atomic E-state index is 12.2. The molecule has 0 aromatic heterocycles. The van der Waals surface area contributed by atoms with Crippen LogP contribution >= 0.6 is 0 Å². The van der Waals surface area contributed by atoms with Crippen LogP contribution in [0.5, 0.6) is 5.75 Å². The smallest absolute Gasteiger partial charge is 0.405 e. The van der Waals surface area contributed by atoms with Gasteiger partial charge in [-0.1, -0.05) is 24.6 Å². The summed E-state index contributed by atoms with van der Waals surface area (Å²) in [5.41, 5.74) is 0.217. The monoisotopic (exact) mass is 246 g/mol. The van der Waals surface area contributed by atoms with Crippen LogP contribution in [0.3, 0.4) is 0 Å². The van der Waals surface area contributed by atoms with Crippen LogP contribution in [0.25, 0.3) is 0 Å². The Kier molecular flexibility index (Phi) is 3.28. The summed E-state index contributed by atoms with van der Waals surface area (Å²) in [4.78, 5) is 0. The van der Waals surface area contributed by atoms with E-state index in [0.29, 0.717) is 0 Å². The number of aliphatic hydroxyl groups is 1. The second-order valence-electron chi connectivity index (χ2n) is 4.22. The van der Waals surface area contributed by atoms with Crippen molar-refractivity contribution in [3.05, 3.63) is 29.8 Å². The van der Waals surface area contributed by atoms with E-state index in [4.69, 9.17) is 0 Å². The van der Waals surface area contributed by atoms with E-state index in [1.165, 1.54) is 18.2 Å². The molecule has 1 aliphatic rings. The maximum atomic E-state index is 12.2. The summed E-state index contributed by atoms with van der Waals surface area (Å²) in [6.07, 6.45) is -2.88. The van der Waals surface area contributed by atoms with Gasteiger partial charge in [-0.2, -0.15) is 0 Å². The average molecular weight is 246 g/mol. The van der Waals surface area contributed by atoms with Crippen LogP contribution in [0.15, 0.2) is 24.3 Å². The van der Waals surface area contributed by atoms with Crippen molar-refractivity contribution in [2.45, 2.75) is 31.7 Å². The van der Waals surface area contributed by atoms with Gasteiger partial charge in [-0.25, -0.2) is 0 Å². The molecule has 1 unspecified atom stereocenters. The van der Waals surface area contributed by atoms with Gasteiger partial charge in [-0.15, -0.1) is 13.2 Å². The van der Waals surface area contributed by atoms with Gasteiger partial charge in [0, 0.05) is 5.56 Å². The molecule has 1 fully saturated rings. The number of para-hydroxylation sites is 1. The van der Waals surface area contributed by atoms with Crippen LogP contribution in [0.4, 0.5) is 13.2 Å². The van der Waals surface area contributed by atoms with Crippen molar-refractivity contribution < 1.29 is 23.0 Å². The molecule has 17 heavy (non-hydrogen) atoms. The quantitative estimate of drug-likeness (QED) is 0.885. The first kappa shape index (κ1) is 12.2. The van der Waals surface area contributed by atoms with Crippen molar-refractivity contribution in [1.82, 2.24) is 0 Å². The van der Waals surface area contributed by atoms with Crippen molar-refractivity contribution >= 4 is 0 Å². The van der Waals surface area contributed by atoms with Gasteiger partial charge >= 0.3 is 6.36 Å². The van der Waals surface area contributed by atoms with E-state index >= 15 is 0 Å². The predicted octanol–water partition coefficient (Wildman–Crippen LogP) is 3.42. The second-order valence-corrected chi connectivity index (χ2v) is 4.22. The summed E-state index contributed by atoms with van der Waals surface area (Å²) in [5, 5.41) is 9.97. The molecule has 2 rings (SSSR count). The summed E-state index contributed by atoms with van der Waals surface area (Å²) < 4.78 is 40.4. The highest BCUT2D eigenvalue weighted by atomic mass is 19.4. The molecule has 0 amide bonds. The zero-order valence-electron chi connectivity index (χ0n) is 9.07. The molecule has 1 N–H and O–H groups in total. The van der Waals surface area contributed by atoms with Gasteiger partial charge in [0.25, 0.3) is 0 Å². The molecule has 0 heterocycles. The number of hydrogen-bond donors (Lipinski definition) is 1. The van der Waals surface area contributed by atoms with Crippen LogP contribution in [-0.4, -0.2) is 11.5 Å². The Hall–Kier alpha value is -1.23. The first-order valence-corrected chi connectivity index (χ1v) is 5.50. The molecular weight excluding hydrogens is 233 g/mol. The van der Waals surface area contributed by atoms with Crippen molar-refractivity contribution in [2.75, 3.05) is 0 Å². The molecule has 1 saturated carbocycles. The lowest BCUT2D eigenvalue weighted by molar-refractivity contribution is -0.275. The Morgan fingerprint density at radius 1 is 1.24 bits per heavy atom. The Labute approximate surface area is 97.0 Å². The highest BCUT2D eigenvalue weighted by Gasteiger charge is 2.34. The molecule has 2 nitrogen and oxygen atoms in total. The van der Waals surface area contributed by atoms with Crippen LogP contribution in [-0.2, 0) is 0 Å². The zero-order chi connectivity index (χ0) is 12.5. The van der Waals surface area contributed by atoms with Gasteiger partial charge in [-0.05, 0) is 24.8 Å². The second kappa shape index (κ2) is 4.56. The molecule has 5 heteroatoms. The van der Waals surface area contributed by atoms with E-state index in [9.17, 15) is 18.3 Å². The normalized spacial score (nSPS) is 18.6. The predicted molar refractivity (Wildman–Crippen MR) is 55.4 cm³/mol. The van der Waals surface area contributed by atoms with E-state index < -0.39 is 12.5 Å². The van der Waals surface area contributed by atoms with Gasteiger partial charge in [0.05, 0.1) is 6.10 Å². The third-order valence-corrected chi connectivity index (χ3v) is 3.06. The van der Waals surface area contributed by atoms with E-state index in [0.717, 1.165) is 19.3 Å². The maximum Gasteiger partial charge on any atom is 0.573 e. The lowest BCUT2D eigenvalue weighted by atomic mass is 9.78. The molecule has 94 valence electrons. The fraction of sp³-hybridized carbons (Fsp3) is 0.500. The SMILES string of the molecule is OC(c1ccccc1OC(F)(F)F)C1CCC1. The summed E-state index contributed by atoms with van der Waals surface area (Å²) in [6.45, 7) is 0. The molecule has 1 atom stereocenters. The first-order valence-electron chi connectivity index (χ1n) is 5.50. The largest absolute Gasteiger partial charge is 0.573 e. The molecule has 1 aliphatic carbocycles. The lowest BCUT2D eigenvalue weighted by Crippen LogP contribution is -2.23. The fourth-order valence-electron chi connectivity index (χ4n) is 1.95. The van der Waals surface area contributed by atoms with Crippen molar-refractivity contribution in [1.29, 1.82) is 0 Å². The lowest BCUT2D eigenvalue weighted by Gasteiger charge is -2.31. The van der Waals surface area contributed by atoms with Crippen molar-refractivity contribution in [3.8, 4) is 5.75 Å². The minimum absolute atomic E-state index is 0.0491. The summed E-state index contributed by atoms with van der Waals surface area (Å²) in [6, 6.07) is 5.76. The summed E-state index contributed by atoms with van der Waals surface area (Å²) in [5.74, 6) is -0.257. The summed E-state index contributed by atoms with van der Waals surface area (Å²) in [7, 11) is 0. The third kappa shape index (κ3) is 2.91. The zero-order valence-corrected chi connectivity index (χ0v) is 9.07. The molecular formula is C12H13F3O2. The molecule has 0 aliphatic heterocycles. The van der Waals surface area contributed by atoms with E-state index in [2.05, 4.69) is 4.74 Å². The molecule has 0 spiro atoms.